The van der Waals surface area contributed by atoms with Gasteiger partial charge in [0.25, 0.3) is 0 Å². The van der Waals surface area contributed by atoms with Crippen LogP contribution in [0.1, 0.15) is 22.8 Å². The number of alkyl halides is 1. The van der Waals surface area contributed by atoms with Gasteiger partial charge in [-0.3, -0.25) is 4.79 Å². The fourth-order valence-electron chi connectivity index (χ4n) is 1.90. The number of aryl methyl sites for hydroxylation is 1. The molecule has 1 atom stereocenters. The molecule has 0 fully saturated rings. The van der Waals surface area contributed by atoms with Gasteiger partial charge in [0.1, 0.15) is 0 Å². The average molecular weight is 277 g/mol. The molecule has 2 aromatic rings. The van der Waals surface area contributed by atoms with Gasteiger partial charge >= 0.3 is 0 Å². The smallest absolute Gasteiger partial charge is 0.176 e. The number of carbonyl (C=O) groups excluding carboxylic acids is 1. The first-order valence-corrected chi connectivity index (χ1v) is 6.19. The van der Waals surface area contributed by atoms with Crippen LogP contribution < -0.4 is 0 Å². The fraction of sp³-hybridized carbons (Fsp3) is 0.214. The summed E-state index contributed by atoms with van der Waals surface area (Å²) in [6, 6.07) is 12.0. The van der Waals surface area contributed by atoms with Gasteiger partial charge in [-0.2, -0.15) is 0 Å². The summed E-state index contributed by atoms with van der Waals surface area (Å²) in [6.07, 6.45) is 0. The second-order valence-electron chi connectivity index (χ2n) is 3.96. The minimum Gasteiger partial charge on any atom is -0.293 e. The molecule has 0 saturated carbocycles. The van der Waals surface area contributed by atoms with Crippen molar-refractivity contribution in [3.8, 4) is 0 Å². The minimum absolute atomic E-state index is 0.135. The van der Waals surface area contributed by atoms with Crippen LogP contribution in [0.5, 0.6) is 0 Å². The van der Waals surface area contributed by atoms with E-state index >= 15 is 0 Å². The standard InChI is InChI=1S/C14H13BrO/c1-9-5-3-7-12-11(9)6-4-8-13(12)14(16)10(2)15/h3-8,10H,1-2H3. The predicted octanol–water partition coefficient (Wildman–Crippen LogP) is 4.11. The van der Waals surface area contributed by atoms with Crippen LogP contribution in [0.25, 0.3) is 10.8 Å². The molecule has 1 nitrogen and oxygen atoms in total. The van der Waals surface area contributed by atoms with E-state index in [9.17, 15) is 4.79 Å². The number of hydrogen-bond donors (Lipinski definition) is 0. The summed E-state index contributed by atoms with van der Waals surface area (Å²) in [6.45, 7) is 3.92. The number of carbonyl (C=O) groups is 1. The van der Waals surface area contributed by atoms with Crippen molar-refractivity contribution < 1.29 is 4.79 Å². The van der Waals surface area contributed by atoms with E-state index in [4.69, 9.17) is 0 Å². The van der Waals surface area contributed by atoms with Crippen molar-refractivity contribution in [2.75, 3.05) is 0 Å². The Morgan fingerprint density at radius 3 is 2.44 bits per heavy atom. The highest BCUT2D eigenvalue weighted by Crippen LogP contribution is 2.24. The Balaban J connectivity index is 2.72. The zero-order chi connectivity index (χ0) is 11.7. The Labute approximate surface area is 104 Å². The van der Waals surface area contributed by atoms with Gasteiger partial charge in [-0.15, -0.1) is 0 Å². The highest BCUT2D eigenvalue weighted by molar-refractivity contribution is 9.10. The zero-order valence-electron chi connectivity index (χ0n) is 9.33. The summed E-state index contributed by atoms with van der Waals surface area (Å²) >= 11 is 3.33. The summed E-state index contributed by atoms with van der Waals surface area (Å²) in [7, 11) is 0. The molecule has 2 heteroatoms. The summed E-state index contributed by atoms with van der Waals surface area (Å²) in [4.78, 5) is 11.9. The molecule has 0 amide bonds. The van der Waals surface area contributed by atoms with Crippen molar-refractivity contribution in [1.29, 1.82) is 0 Å². The van der Waals surface area contributed by atoms with Crippen molar-refractivity contribution in [2.24, 2.45) is 0 Å². The van der Waals surface area contributed by atoms with E-state index in [0.29, 0.717) is 0 Å². The Bertz CT molecular complexity index is 543. The van der Waals surface area contributed by atoms with E-state index in [1.807, 2.05) is 31.2 Å². The summed E-state index contributed by atoms with van der Waals surface area (Å²) in [5, 5.41) is 2.19. The molecule has 0 heterocycles. The fourth-order valence-corrected chi connectivity index (χ4v) is 2.14. The quantitative estimate of drug-likeness (QED) is 0.596. The lowest BCUT2D eigenvalue weighted by Crippen LogP contribution is -2.10. The molecular formula is C14H13BrO. The highest BCUT2D eigenvalue weighted by atomic mass is 79.9. The third-order valence-corrected chi connectivity index (χ3v) is 3.18. The second-order valence-corrected chi connectivity index (χ2v) is 5.33. The molecule has 0 radical (unpaired) electrons. The van der Waals surface area contributed by atoms with E-state index in [-0.39, 0.29) is 10.6 Å². The van der Waals surface area contributed by atoms with Crippen LogP contribution in [-0.4, -0.2) is 10.6 Å². The lowest BCUT2D eigenvalue weighted by atomic mass is 9.97. The molecule has 2 rings (SSSR count). The van der Waals surface area contributed by atoms with Crippen LogP contribution in [0.15, 0.2) is 36.4 Å². The van der Waals surface area contributed by atoms with Crippen molar-refractivity contribution >= 4 is 32.5 Å². The molecule has 0 aromatic heterocycles. The first-order chi connectivity index (χ1) is 7.61. The van der Waals surface area contributed by atoms with Gasteiger partial charge in [0.2, 0.25) is 0 Å². The summed E-state index contributed by atoms with van der Waals surface area (Å²) in [5.41, 5.74) is 2.00. The van der Waals surface area contributed by atoms with Gasteiger partial charge in [0.15, 0.2) is 5.78 Å². The lowest BCUT2D eigenvalue weighted by Gasteiger charge is -2.08. The van der Waals surface area contributed by atoms with Crippen molar-refractivity contribution in [3.05, 3.63) is 47.5 Å². The monoisotopic (exact) mass is 276 g/mol. The molecule has 2 aromatic carbocycles. The Kier molecular flexibility index (Phi) is 3.10. The van der Waals surface area contributed by atoms with E-state index in [1.165, 1.54) is 5.56 Å². The predicted molar refractivity (Wildman–Crippen MR) is 71.4 cm³/mol. The van der Waals surface area contributed by atoms with Crippen molar-refractivity contribution in [2.45, 2.75) is 18.7 Å². The largest absolute Gasteiger partial charge is 0.293 e. The van der Waals surface area contributed by atoms with Crippen LogP contribution in [0.3, 0.4) is 0 Å². The number of halogens is 1. The maximum absolute atomic E-state index is 12.0. The molecule has 16 heavy (non-hydrogen) atoms. The van der Waals surface area contributed by atoms with Gasteiger partial charge in [-0.1, -0.05) is 52.3 Å². The van der Waals surface area contributed by atoms with Gasteiger partial charge < -0.3 is 0 Å². The zero-order valence-corrected chi connectivity index (χ0v) is 10.9. The third-order valence-electron chi connectivity index (χ3n) is 2.77. The summed E-state index contributed by atoms with van der Waals surface area (Å²) in [5.74, 6) is 0.135. The molecular weight excluding hydrogens is 264 g/mol. The molecule has 0 N–H and O–H groups in total. The van der Waals surface area contributed by atoms with Crippen LogP contribution in [0, 0.1) is 6.92 Å². The molecule has 0 aliphatic rings. The first kappa shape index (κ1) is 11.3. The minimum atomic E-state index is -0.140. The van der Waals surface area contributed by atoms with Crippen LogP contribution in [0.4, 0.5) is 0 Å². The van der Waals surface area contributed by atoms with Gasteiger partial charge in [0.05, 0.1) is 4.83 Å². The number of benzene rings is 2. The summed E-state index contributed by atoms with van der Waals surface area (Å²) < 4.78 is 0. The molecule has 0 bridgehead atoms. The SMILES string of the molecule is Cc1cccc2c(C(=O)C(C)Br)cccc12. The molecule has 0 aliphatic heterocycles. The lowest BCUT2D eigenvalue weighted by molar-refractivity contribution is 0.0997. The van der Waals surface area contributed by atoms with Crippen LogP contribution in [-0.2, 0) is 0 Å². The number of rotatable bonds is 2. The first-order valence-electron chi connectivity index (χ1n) is 5.28. The average Bonchev–Trinajstić information content (AvgIpc) is 2.28. The molecule has 0 spiro atoms. The Morgan fingerprint density at radius 1 is 1.12 bits per heavy atom. The number of fused-ring (bicyclic) bond motifs is 1. The van der Waals surface area contributed by atoms with Gasteiger partial charge in [-0.05, 0) is 30.2 Å². The molecule has 1 unspecified atom stereocenters. The maximum Gasteiger partial charge on any atom is 0.176 e. The maximum atomic E-state index is 12.0. The topological polar surface area (TPSA) is 17.1 Å². The van der Waals surface area contributed by atoms with E-state index < -0.39 is 0 Å². The van der Waals surface area contributed by atoms with Crippen LogP contribution in [0.2, 0.25) is 0 Å². The van der Waals surface area contributed by atoms with Crippen LogP contribution >= 0.6 is 15.9 Å². The number of Topliss-reactive ketones (excluding diaryl/α,β-unsaturated/α-hetero) is 1. The highest BCUT2D eigenvalue weighted by Gasteiger charge is 2.14. The Hall–Kier alpha value is -1.15. The number of ketones is 1. The van der Waals surface area contributed by atoms with E-state index in [1.54, 1.807) is 0 Å². The number of hydrogen-bond acceptors (Lipinski definition) is 1. The third kappa shape index (κ3) is 1.90. The van der Waals surface area contributed by atoms with Gasteiger partial charge in [-0.25, -0.2) is 0 Å². The molecule has 0 saturated heterocycles. The Morgan fingerprint density at radius 2 is 1.75 bits per heavy atom. The van der Waals surface area contributed by atoms with E-state index in [2.05, 4.69) is 35.0 Å². The van der Waals surface area contributed by atoms with Gasteiger partial charge in [0, 0.05) is 5.56 Å². The van der Waals surface area contributed by atoms with Crippen molar-refractivity contribution in [1.82, 2.24) is 0 Å². The second kappa shape index (κ2) is 4.38. The molecule has 82 valence electrons. The normalized spacial score (nSPS) is 12.7. The molecule has 0 aliphatic carbocycles. The van der Waals surface area contributed by atoms with Crippen molar-refractivity contribution in [3.63, 3.8) is 0 Å². The van der Waals surface area contributed by atoms with E-state index in [0.717, 1.165) is 16.3 Å².